The van der Waals surface area contributed by atoms with E-state index in [9.17, 15) is 0 Å². The Hall–Kier alpha value is -1.03. The lowest BCUT2D eigenvalue weighted by atomic mass is 10.1. The van der Waals surface area contributed by atoms with Gasteiger partial charge in [-0.3, -0.25) is 0 Å². The van der Waals surface area contributed by atoms with Crippen molar-refractivity contribution in [2.75, 3.05) is 18.5 Å². The van der Waals surface area contributed by atoms with Gasteiger partial charge in [0.2, 0.25) is 0 Å². The van der Waals surface area contributed by atoms with Crippen molar-refractivity contribution in [3.8, 4) is 0 Å². The van der Waals surface area contributed by atoms with Gasteiger partial charge in [-0.25, -0.2) is 4.98 Å². The van der Waals surface area contributed by atoms with E-state index in [-0.39, 0.29) is 0 Å². The first-order valence-electron chi connectivity index (χ1n) is 4.80. The van der Waals surface area contributed by atoms with Crippen LogP contribution in [-0.4, -0.2) is 29.2 Å². The molecule has 0 bridgehead atoms. The number of hydrogen-bond donors (Lipinski definition) is 2. The lowest BCUT2D eigenvalue weighted by molar-refractivity contribution is 0.0247. The highest BCUT2D eigenvalue weighted by atomic mass is 16.5. The summed E-state index contributed by atoms with van der Waals surface area (Å²) >= 11 is 0. The van der Waals surface area contributed by atoms with E-state index < -0.39 is 0 Å². The van der Waals surface area contributed by atoms with Crippen LogP contribution in [0.15, 0.2) is 12.4 Å². The minimum Gasteiger partial charge on any atom is -0.376 e. The maximum Gasteiger partial charge on any atom is 0.200 e. The molecule has 2 rings (SSSR count). The molecule has 1 fully saturated rings. The summed E-state index contributed by atoms with van der Waals surface area (Å²) < 4.78 is 5.57. The van der Waals surface area contributed by atoms with Crippen LogP contribution < -0.4 is 5.32 Å². The van der Waals surface area contributed by atoms with E-state index >= 15 is 0 Å². The van der Waals surface area contributed by atoms with Crippen molar-refractivity contribution in [2.24, 2.45) is 0 Å². The van der Waals surface area contributed by atoms with Crippen LogP contribution in [0, 0.1) is 0 Å². The maximum absolute atomic E-state index is 5.57. The first kappa shape index (κ1) is 8.56. The van der Waals surface area contributed by atoms with Crippen molar-refractivity contribution >= 4 is 5.95 Å². The zero-order valence-electron chi connectivity index (χ0n) is 7.62. The largest absolute Gasteiger partial charge is 0.376 e. The number of anilines is 1. The number of imidazole rings is 1. The Morgan fingerprint density at radius 1 is 1.62 bits per heavy atom. The molecule has 0 amide bonds. The minimum atomic E-state index is 0.360. The number of nitrogens with zero attached hydrogens (tertiary/aromatic N) is 1. The fourth-order valence-corrected chi connectivity index (χ4v) is 1.54. The third kappa shape index (κ3) is 2.45. The van der Waals surface area contributed by atoms with Gasteiger partial charge in [-0.2, -0.15) is 0 Å². The Bertz CT molecular complexity index is 229. The van der Waals surface area contributed by atoms with E-state index in [1.165, 1.54) is 12.8 Å². The molecule has 72 valence electrons. The monoisotopic (exact) mass is 181 g/mol. The third-order valence-electron chi connectivity index (χ3n) is 2.27. The van der Waals surface area contributed by atoms with E-state index in [2.05, 4.69) is 15.3 Å². The van der Waals surface area contributed by atoms with E-state index in [1.54, 1.807) is 6.20 Å². The van der Waals surface area contributed by atoms with E-state index in [4.69, 9.17) is 4.74 Å². The summed E-state index contributed by atoms with van der Waals surface area (Å²) in [5.74, 6) is 0.828. The Labute approximate surface area is 77.7 Å². The number of H-pyrrole nitrogens is 1. The lowest BCUT2D eigenvalue weighted by Crippen LogP contribution is -2.27. The summed E-state index contributed by atoms with van der Waals surface area (Å²) in [6.07, 6.45) is 7.56. The fourth-order valence-electron chi connectivity index (χ4n) is 1.54. The average Bonchev–Trinajstić information content (AvgIpc) is 2.69. The number of ether oxygens (including phenoxy) is 1. The summed E-state index contributed by atoms with van der Waals surface area (Å²) in [5.41, 5.74) is 0. The van der Waals surface area contributed by atoms with Gasteiger partial charge in [-0.05, 0) is 19.3 Å². The number of hydrogen-bond acceptors (Lipinski definition) is 3. The second-order valence-corrected chi connectivity index (χ2v) is 3.31. The van der Waals surface area contributed by atoms with Gasteiger partial charge in [0.1, 0.15) is 0 Å². The van der Waals surface area contributed by atoms with Gasteiger partial charge in [0.15, 0.2) is 5.95 Å². The highest BCUT2D eigenvalue weighted by Crippen LogP contribution is 2.12. The molecule has 2 N–H and O–H groups in total. The fraction of sp³-hybridized carbons (Fsp3) is 0.667. The standard InChI is InChI=1S/C9H15N3O/c1-2-6-13-8(3-1)7-12-9-10-4-5-11-9/h4-5,8H,1-3,6-7H2,(H2,10,11,12). The van der Waals surface area contributed by atoms with Crippen LogP contribution >= 0.6 is 0 Å². The molecule has 4 heteroatoms. The maximum atomic E-state index is 5.57. The van der Waals surface area contributed by atoms with Crippen molar-refractivity contribution in [1.29, 1.82) is 0 Å². The molecule has 0 aliphatic carbocycles. The number of aromatic nitrogens is 2. The molecule has 1 saturated heterocycles. The quantitative estimate of drug-likeness (QED) is 0.740. The van der Waals surface area contributed by atoms with Crippen LogP contribution in [-0.2, 0) is 4.74 Å². The van der Waals surface area contributed by atoms with Crippen molar-refractivity contribution in [3.63, 3.8) is 0 Å². The van der Waals surface area contributed by atoms with Crippen molar-refractivity contribution in [3.05, 3.63) is 12.4 Å². The van der Waals surface area contributed by atoms with Gasteiger partial charge in [0.25, 0.3) is 0 Å². The summed E-state index contributed by atoms with van der Waals surface area (Å²) in [5, 5.41) is 3.20. The molecule has 1 aromatic rings. The molecule has 1 aromatic heterocycles. The van der Waals surface area contributed by atoms with Crippen LogP contribution in [0.3, 0.4) is 0 Å². The van der Waals surface area contributed by atoms with E-state index in [1.807, 2.05) is 6.20 Å². The normalized spacial score (nSPS) is 22.9. The van der Waals surface area contributed by atoms with Crippen LogP contribution in [0.2, 0.25) is 0 Å². The molecule has 0 aromatic carbocycles. The van der Waals surface area contributed by atoms with Crippen LogP contribution in [0.4, 0.5) is 5.95 Å². The second-order valence-electron chi connectivity index (χ2n) is 3.31. The topological polar surface area (TPSA) is 49.9 Å². The predicted octanol–water partition coefficient (Wildman–Crippen LogP) is 1.39. The van der Waals surface area contributed by atoms with Crippen LogP contribution in [0.1, 0.15) is 19.3 Å². The summed E-state index contributed by atoms with van der Waals surface area (Å²) in [6, 6.07) is 0. The molecule has 2 heterocycles. The minimum absolute atomic E-state index is 0.360. The summed E-state index contributed by atoms with van der Waals surface area (Å²) in [6.45, 7) is 1.76. The first-order chi connectivity index (χ1) is 6.45. The van der Waals surface area contributed by atoms with E-state index in [0.717, 1.165) is 25.5 Å². The Kier molecular flexibility index (Phi) is 2.82. The molecular formula is C9H15N3O. The van der Waals surface area contributed by atoms with Gasteiger partial charge < -0.3 is 15.0 Å². The molecule has 1 atom stereocenters. The Morgan fingerprint density at radius 3 is 3.31 bits per heavy atom. The second kappa shape index (κ2) is 4.28. The molecule has 1 aliphatic rings. The van der Waals surface area contributed by atoms with Gasteiger partial charge in [0, 0.05) is 25.5 Å². The zero-order valence-corrected chi connectivity index (χ0v) is 7.62. The molecule has 13 heavy (non-hydrogen) atoms. The van der Waals surface area contributed by atoms with Crippen molar-refractivity contribution < 1.29 is 4.74 Å². The predicted molar refractivity (Wildman–Crippen MR) is 50.7 cm³/mol. The smallest absolute Gasteiger partial charge is 0.200 e. The molecule has 0 radical (unpaired) electrons. The van der Waals surface area contributed by atoms with Gasteiger partial charge in [-0.15, -0.1) is 0 Å². The average molecular weight is 181 g/mol. The van der Waals surface area contributed by atoms with Crippen LogP contribution in [0.25, 0.3) is 0 Å². The highest BCUT2D eigenvalue weighted by molar-refractivity contribution is 5.22. The molecular weight excluding hydrogens is 166 g/mol. The number of rotatable bonds is 3. The summed E-state index contributed by atoms with van der Waals surface area (Å²) in [7, 11) is 0. The van der Waals surface area contributed by atoms with Crippen LogP contribution in [0.5, 0.6) is 0 Å². The molecule has 0 spiro atoms. The lowest BCUT2D eigenvalue weighted by Gasteiger charge is -2.22. The van der Waals surface area contributed by atoms with Gasteiger partial charge in [0.05, 0.1) is 6.10 Å². The van der Waals surface area contributed by atoms with Gasteiger partial charge in [-0.1, -0.05) is 0 Å². The molecule has 1 unspecified atom stereocenters. The van der Waals surface area contributed by atoms with Crippen molar-refractivity contribution in [2.45, 2.75) is 25.4 Å². The Balaban J connectivity index is 1.72. The zero-order chi connectivity index (χ0) is 8.93. The van der Waals surface area contributed by atoms with Gasteiger partial charge >= 0.3 is 0 Å². The SMILES string of the molecule is c1c[nH]c(NCC2CCCCO2)n1. The third-order valence-corrected chi connectivity index (χ3v) is 2.27. The van der Waals surface area contributed by atoms with E-state index in [0.29, 0.717) is 6.10 Å². The highest BCUT2D eigenvalue weighted by Gasteiger charge is 2.13. The number of aromatic amines is 1. The molecule has 4 nitrogen and oxygen atoms in total. The summed E-state index contributed by atoms with van der Waals surface area (Å²) in [4.78, 5) is 7.08. The molecule has 0 saturated carbocycles. The first-order valence-corrected chi connectivity index (χ1v) is 4.80. The molecule has 1 aliphatic heterocycles. The number of nitrogens with one attached hydrogen (secondary N) is 2. The Morgan fingerprint density at radius 2 is 2.62 bits per heavy atom. The van der Waals surface area contributed by atoms with Crippen molar-refractivity contribution in [1.82, 2.24) is 9.97 Å².